The summed E-state index contributed by atoms with van der Waals surface area (Å²) in [5, 5.41) is 0. The Morgan fingerprint density at radius 1 is 1.14 bits per heavy atom. The molecule has 1 saturated heterocycles. The van der Waals surface area contributed by atoms with Crippen molar-refractivity contribution < 1.29 is 9.18 Å². The van der Waals surface area contributed by atoms with Crippen LogP contribution in [-0.2, 0) is 17.8 Å². The van der Waals surface area contributed by atoms with Crippen LogP contribution in [0.2, 0.25) is 0 Å². The molecule has 1 saturated carbocycles. The number of pyridine rings is 1. The maximum Gasteiger partial charge on any atom is 0.330 e. The third-order valence-corrected chi connectivity index (χ3v) is 6.04. The van der Waals surface area contributed by atoms with E-state index >= 15 is 0 Å². The van der Waals surface area contributed by atoms with Crippen molar-refractivity contribution in [1.29, 1.82) is 0 Å². The fraction of sp³-hybridized carbons (Fsp3) is 0.409. The minimum absolute atomic E-state index is 0.0377. The smallest absolute Gasteiger partial charge is 0.330 e. The number of hydrogen-bond acceptors (Lipinski definition) is 3. The lowest BCUT2D eigenvalue weighted by molar-refractivity contribution is -0.129. The first kappa shape index (κ1) is 18.1. The summed E-state index contributed by atoms with van der Waals surface area (Å²) in [4.78, 5) is 32.1. The fourth-order valence-electron chi connectivity index (χ4n) is 4.27. The molecule has 0 radical (unpaired) electrons. The minimum atomic E-state index is -0.361. The van der Waals surface area contributed by atoms with Gasteiger partial charge in [-0.1, -0.05) is 18.2 Å². The van der Waals surface area contributed by atoms with Gasteiger partial charge >= 0.3 is 5.69 Å². The number of amides is 1. The SMILES string of the molecule is O=C(Cc1ccccc1F)N1CC[C@@H](n2c(=O)n(CC3CC3)c3cccnc32)C1. The van der Waals surface area contributed by atoms with Crippen LogP contribution in [0.4, 0.5) is 4.39 Å². The van der Waals surface area contributed by atoms with Crippen molar-refractivity contribution >= 4 is 17.1 Å². The number of likely N-dealkylation sites (tertiary alicyclic amines) is 1. The zero-order chi connectivity index (χ0) is 20.0. The molecule has 3 aromatic rings. The van der Waals surface area contributed by atoms with E-state index in [2.05, 4.69) is 4.98 Å². The second-order valence-electron chi connectivity index (χ2n) is 8.10. The third-order valence-electron chi connectivity index (χ3n) is 6.04. The van der Waals surface area contributed by atoms with Crippen molar-refractivity contribution in [1.82, 2.24) is 19.0 Å². The molecule has 0 bridgehead atoms. The van der Waals surface area contributed by atoms with Crippen molar-refractivity contribution in [3.8, 4) is 0 Å². The van der Waals surface area contributed by atoms with E-state index in [4.69, 9.17) is 0 Å². The molecule has 0 spiro atoms. The molecule has 0 unspecified atom stereocenters. The molecule has 3 heterocycles. The molecule has 6 nitrogen and oxygen atoms in total. The second-order valence-corrected chi connectivity index (χ2v) is 8.10. The van der Waals surface area contributed by atoms with E-state index < -0.39 is 0 Å². The normalized spacial score (nSPS) is 19.2. The van der Waals surface area contributed by atoms with Gasteiger partial charge in [0.15, 0.2) is 5.65 Å². The molecule has 2 fully saturated rings. The lowest BCUT2D eigenvalue weighted by atomic mass is 10.1. The van der Waals surface area contributed by atoms with Crippen molar-refractivity contribution in [3.05, 3.63) is 64.5 Å². The molecule has 2 aliphatic rings. The summed E-state index contributed by atoms with van der Waals surface area (Å²) >= 11 is 0. The fourth-order valence-corrected chi connectivity index (χ4v) is 4.27. The van der Waals surface area contributed by atoms with Crippen LogP contribution in [0.15, 0.2) is 47.4 Å². The van der Waals surface area contributed by atoms with Gasteiger partial charge in [-0.2, -0.15) is 0 Å². The van der Waals surface area contributed by atoms with Crippen molar-refractivity contribution in [2.45, 2.75) is 38.3 Å². The van der Waals surface area contributed by atoms with E-state index in [1.165, 1.54) is 18.9 Å². The van der Waals surface area contributed by atoms with Crippen LogP contribution in [0.1, 0.15) is 30.9 Å². The van der Waals surface area contributed by atoms with Crippen LogP contribution >= 0.6 is 0 Å². The topological polar surface area (TPSA) is 60.1 Å². The highest BCUT2D eigenvalue weighted by atomic mass is 19.1. The number of hydrogen-bond donors (Lipinski definition) is 0. The first-order valence-corrected chi connectivity index (χ1v) is 10.2. The average molecular weight is 394 g/mol. The summed E-state index contributed by atoms with van der Waals surface area (Å²) in [7, 11) is 0. The number of halogens is 1. The molecule has 0 N–H and O–H groups in total. The summed E-state index contributed by atoms with van der Waals surface area (Å²) < 4.78 is 17.5. The van der Waals surface area contributed by atoms with Crippen molar-refractivity contribution in [2.24, 2.45) is 5.92 Å². The summed E-state index contributed by atoms with van der Waals surface area (Å²) in [5.41, 5.74) is 1.91. The summed E-state index contributed by atoms with van der Waals surface area (Å²) in [6.07, 6.45) is 4.77. The Kier molecular flexibility index (Phi) is 4.45. The number of imidazole rings is 1. The van der Waals surface area contributed by atoms with Crippen LogP contribution in [0, 0.1) is 11.7 Å². The van der Waals surface area contributed by atoms with E-state index in [0.29, 0.717) is 36.6 Å². The Morgan fingerprint density at radius 2 is 1.97 bits per heavy atom. The van der Waals surface area contributed by atoms with Gasteiger partial charge in [0.25, 0.3) is 0 Å². The van der Waals surface area contributed by atoms with E-state index in [1.807, 2.05) is 16.7 Å². The van der Waals surface area contributed by atoms with E-state index in [9.17, 15) is 14.0 Å². The predicted octanol–water partition coefficient (Wildman–Crippen LogP) is 2.76. The number of benzene rings is 1. The molecule has 29 heavy (non-hydrogen) atoms. The van der Waals surface area contributed by atoms with Crippen molar-refractivity contribution in [2.75, 3.05) is 13.1 Å². The van der Waals surface area contributed by atoms with Gasteiger partial charge in [-0.05, 0) is 48.9 Å². The monoisotopic (exact) mass is 394 g/mol. The molecule has 1 amide bonds. The summed E-state index contributed by atoms with van der Waals surface area (Å²) in [5.74, 6) is 0.106. The standard InChI is InChI=1S/C22H23FN4O2/c23-18-5-2-1-4-16(18)12-20(28)25-11-9-17(14-25)27-21-19(6-3-10-24-21)26(22(27)29)13-15-7-8-15/h1-6,10,15,17H,7-9,11-14H2/t17-/m1/s1. The van der Waals surface area contributed by atoms with Gasteiger partial charge in [-0.15, -0.1) is 0 Å². The molecule has 150 valence electrons. The molecule has 1 aliphatic heterocycles. The highest BCUT2D eigenvalue weighted by Crippen LogP contribution is 2.32. The van der Waals surface area contributed by atoms with E-state index in [0.717, 1.165) is 12.1 Å². The maximum absolute atomic E-state index is 13.9. The molecule has 7 heteroatoms. The molecule has 1 aliphatic carbocycles. The lowest BCUT2D eigenvalue weighted by Crippen LogP contribution is -2.33. The highest BCUT2D eigenvalue weighted by Gasteiger charge is 2.32. The Morgan fingerprint density at radius 3 is 2.76 bits per heavy atom. The van der Waals surface area contributed by atoms with Crippen LogP contribution in [0.25, 0.3) is 11.2 Å². The van der Waals surface area contributed by atoms with Gasteiger partial charge in [0.05, 0.1) is 18.0 Å². The number of fused-ring (bicyclic) bond motifs is 1. The number of carbonyl (C=O) groups is 1. The van der Waals surface area contributed by atoms with Gasteiger partial charge < -0.3 is 4.90 Å². The Hall–Kier alpha value is -2.96. The number of aromatic nitrogens is 3. The molecular weight excluding hydrogens is 371 g/mol. The Balaban J connectivity index is 1.39. The van der Waals surface area contributed by atoms with E-state index in [1.54, 1.807) is 33.9 Å². The molecule has 1 atom stereocenters. The lowest BCUT2D eigenvalue weighted by Gasteiger charge is -2.17. The van der Waals surface area contributed by atoms with Gasteiger partial charge in [0, 0.05) is 25.8 Å². The van der Waals surface area contributed by atoms with Crippen LogP contribution in [0.5, 0.6) is 0 Å². The minimum Gasteiger partial charge on any atom is -0.340 e. The molecule has 1 aromatic carbocycles. The van der Waals surface area contributed by atoms with Crippen molar-refractivity contribution in [3.63, 3.8) is 0 Å². The number of nitrogens with zero attached hydrogens (tertiary/aromatic N) is 4. The highest BCUT2D eigenvalue weighted by molar-refractivity contribution is 5.79. The van der Waals surface area contributed by atoms with Crippen LogP contribution in [0.3, 0.4) is 0 Å². The van der Waals surface area contributed by atoms with Gasteiger partial charge in [0.1, 0.15) is 5.82 Å². The summed E-state index contributed by atoms with van der Waals surface area (Å²) in [6.45, 7) is 1.75. The number of carbonyl (C=O) groups excluding carboxylic acids is 1. The Bertz CT molecular complexity index is 1130. The first-order chi connectivity index (χ1) is 14.1. The van der Waals surface area contributed by atoms with Gasteiger partial charge in [0.2, 0.25) is 5.91 Å². The van der Waals surface area contributed by atoms with E-state index in [-0.39, 0.29) is 29.9 Å². The number of rotatable bonds is 5. The Labute approximate surface area is 167 Å². The van der Waals surface area contributed by atoms with Crippen LogP contribution < -0.4 is 5.69 Å². The van der Waals surface area contributed by atoms with Gasteiger partial charge in [-0.25, -0.2) is 14.2 Å². The third kappa shape index (κ3) is 3.34. The van der Waals surface area contributed by atoms with Crippen LogP contribution in [-0.4, -0.2) is 38.0 Å². The second kappa shape index (κ2) is 7.13. The molecule has 5 rings (SSSR count). The average Bonchev–Trinajstić information content (AvgIpc) is 3.34. The van der Waals surface area contributed by atoms with Gasteiger partial charge in [-0.3, -0.25) is 13.9 Å². The zero-order valence-electron chi connectivity index (χ0n) is 16.1. The molecule has 2 aromatic heterocycles. The maximum atomic E-state index is 13.9. The zero-order valence-corrected chi connectivity index (χ0v) is 16.1. The first-order valence-electron chi connectivity index (χ1n) is 10.2. The predicted molar refractivity (Wildman–Crippen MR) is 107 cm³/mol. The largest absolute Gasteiger partial charge is 0.340 e. The summed E-state index contributed by atoms with van der Waals surface area (Å²) in [6, 6.07) is 10.1. The molecular formula is C22H23FN4O2. The quantitative estimate of drug-likeness (QED) is 0.669.